The molecule has 0 bridgehead atoms. The SMILES string of the molecule is CCCCOc1ncccc1CNC(=O)c1ccc2c(c1)[nH]c(=O)c(=O)n2CC. The van der Waals surface area contributed by atoms with Gasteiger partial charge in [-0.05, 0) is 37.6 Å². The number of nitrogens with one attached hydrogen (secondary N) is 2. The molecule has 8 heteroatoms. The molecule has 0 unspecified atom stereocenters. The summed E-state index contributed by atoms with van der Waals surface area (Å²) in [5.41, 5.74) is 0.866. The van der Waals surface area contributed by atoms with Crippen LogP contribution >= 0.6 is 0 Å². The Bertz CT molecular complexity index is 1130. The summed E-state index contributed by atoms with van der Waals surface area (Å²) in [5, 5.41) is 2.85. The van der Waals surface area contributed by atoms with Crippen LogP contribution in [0.15, 0.2) is 46.1 Å². The highest BCUT2D eigenvalue weighted by atomic mass is 16.5. The first kappa shape index (κ1) is 20.3. The van der Waals surface area contributed by atoms with Crippen molar-refractivity contribution in [3.63, 3.8) is 0 Å². The molecule has 0 saturated heterocycles. The summed E-state index contributed by atoms with van der Waals surface area (Å²) < 4.78 is 7.07. The van der Waals surface area contributed by atoms with Crippen LogP contribution in [0, 0.1) is 0 Å². The standard InChI is InChI=1S/C21H24N4O4/c1-3-5-11-29-20-15(7-6-10-22-20)13-23-18(26)14-8-9-17-16(12-14)24-19(27)21(28)25(17)4-2/h6-10,12H,3-5,11,13H2,1-2H3,(H,23,26)(H,24,27). The van der Waals surface area contributed by atoms with E-state index in [9.17, 15) is 14.4 Å². The number of carbonyl (C=O) groups is 1. The Labute approximate surface area is 167 Å². The summed E-state index contributed by atoms with van der Waals surface area (Å²) in [6.45, 7) is 5.07. The number of aryl methyl sites for hydroxylation is 1. The van der Waals surface area contributed by atoms with Crippen molar-refractivity contribution in [1.29, 1.82) is 0 Å². The van der Waals surface area contributed by atoms with Crippen LogP contribution in [0.4, 0.5) is 0 Å². The van der Waals surface area contributed by atoms with E-state index in [1.54, 1.807) is 37.4 Å². The Morgan fingerprint density at radius 1 is 1.24 bits per heavy atom. The molecule has 29 heavy (non-hydrogen) atoms. The number of unbranched alkanes of at least 4 members (excludes halogenated alkanes) is 1. The van der Waals surface area contributed by atoms with Crippen LogP contribution in [-0.4, -0.2) is 27.0 Å². The molecule has 0 aliphatic heterocycles. The fraction of sp³-hybridized carbons (Fsp3) is 0.333. The van der Waals surface area contributed by atoms with Crippen molar-refractivity contribution in [2.45, 2.75) is 39.8 Å². The van der Waals surface area contributed by atoms with Gasteiger partial charge in [-0.2, -0.15) is 0 Å². The van der Waals surface area contributed by atoms with Gasteiger partial charge in [0, 0.05) is 30.4 Å². The molecule has 1 amide bonds. The van der Waals surface area contributed by atoms with Gasteiger partial charge in [-0.3, -0.25) is 14.4 Å². The molecule has 0 atom stereocenters. The van der Waals surface area contributed by atoms with Crippen LogP contribution in [0.25, 0.3) is 11.0 Å². The molecule has 3 rings (SSSR count). The van der Waals surface area contributed by atoms with Crippen molar-refractivity contribution < 1.29 is 9.53 Å². The zero-order valence-corrected chi connectivity index (χ0v) is 16.5. The average molecular weight is 396 g/mol. The minimum absolute atomic E-state index is 0.261. The number of hydrogen-bond donors (Lipinski definition) is 2. The van der Waals surface area contributed by atoms with E-state index in [1.807, 2.05) is 6.07 Å². The number of hydrogen-bond acceptors (Lipinski definition) is 5. The maximum absolute atomic E-state index is 12.6. The number of pyridine rings is 1. The molecule has 0 aliphatic carbocycles. The van der Waals surface area contributed by atoms with Gasteiger partial charge in [-0.1, -0.05) is 19.4 Å². The number of benzene rings is 1. The van der Waals surface area contributed by atoms with Gasteiger partial charge in [-0.25, -0.2) is 4.98 Å². The van der Waals surface area contributed by atoms with Crippen molar-refractivity contribution in [2.24, 2.45) is 0 Å². The molecule has 0 saturated carbocycles. The predicted molar refractivity (Wildman–Crippen MR) is 110 cm³/mol. The van der Waals surface area contributed by atoms with Gasteiger partial charge in [0.2, 0.25) is 5.88 Å². The van der Waals surface area contributed by atoms with Crippen LogP contribution in [-0.2, 0) is 13.1 Å². The van der Waals surface area contributed by atoms with Crippen LogP contribution in [0.2, 0.25) is 0 Å². The highest BCUT2D eigenvalue weighted by Gasteiger charge is 2.12. The third kappa shape index (κ3) is 4.53. The van der Waals surface area contributed by atoms with Crippen LogP contribution in [0.3, 0.4) is 0 Å². The van der Waals surface area contributed by atoms with E-state index in [2.05, 4.69) is 22.2 Å². The largest absolute Gasteiger partial charge is 0.477 e. The minimum Gasteiger partial charge on any atom is -0.477 e. The summed E-state index contributed by atoms with van der Waals surface area (Å²) >= 11 is 0. The number of amides is 1. The van der Waals surface area contributed by atoms with Gasteiger partial charge in [0.1, 0.15) is 0 Å². The van der Waals surface area contributed by atoms with Gasteiger partial charge in [0.05, 0.1) is 17.6 Å². The Kier molecular flexibility index (Phi) is 6.43. The normalized spacial score (nSPS) is 10.8. The molecular formula is C21H24N4O4. The molecule has 2 N–H and O–H groups in total. The number of nitrogens with zero attached hydrogens (tertiary/aromatic N) is 2. The van der Waals surface area contributed by atoms with Gasteiger partial charge >= 0.3 is 11.1 Å². The van der Waals surface area contributed by atoms with E-state index in [0.717, 1.165) is 18.4 Å². The van der Waals surface area contributed by atoms with Gasteiger partial charge in [-0.15, -0.1) is 0 Å². The molecule has 0 radical (unpaired) electrons. The second-order valence-corrected chi connectivity index (χ2v) is 6.59. The number of rotatable bonds is 8. The molecule has 2 aromatic heterocycles. The molecular weight excluding hydrogens is 372 g/mol. The van der Waals surface area contributed by atoms with E-state index < -0.39 is 11.1 Å². The fourth-order valence-corrected chi connectivity index (χ4v) is 3.01. The Morgan fingerprint density at radius 3 is 2.83 bits per heavy atom. The van der Waals surface area contributed by atoms with Crippen LogP contribution in [0.1, 0.15) is 42.6 Å². The fourth-order valence-electron chi connectivity index (χ4n) is 3.01. The van der Waals surface area contributed by atoms with Crippen LogP contribution in [0.5, 0.6) is 5.88 Å². The zero-order valence-electron chi connectivity index (χ0n) is 16.5. The van der Waals surface area contributed by atoms with Gasteiger partial charge in [0.25, 0.3) is 5.91 Å². The van der Waals surface area contributed by atoms with E-state index in [1.165, 1.54) is 4.57 Å². The Balaban J connectivity index is 1.78. The van der Waals surface area contributed by atoms with E-state index in [-0.39, 0.29) is 12.5 Å². The molecule has 8 nitrogen and oxygen atoms in total. The summed E-state index contributed by atoms with van der Waals surface area (Å²) in [5.74, 6) is 0.210. The first-order chi connectivity index (χ1) is 14.0. The lowest BCUT2D eigenvalue weighted by Gasteiger charge is -2.12. The summed E-state index contributed by atoms with van der Waals surface area (Å²) in [7, 11) is 0. The number of ether oxygens (including phenoxy) is 1. The number of aromatic amines is 1. The van der Waals surface area contributed by atoms with Crippen molar-refractivity contribution in [3.05, 3.63) is 68.4 Å². The summed E-state index contributed by atoms with van der Waals surface area (Å²) in [6, 6.07) is 8.50. The Morgan fingerprint density at radius 2 is 2.07 bits per heavy atom. The third-order valence-corrected chi connectivity index (χ3v) is 4.58. The molecule has 0 spiro atoms. The number of carbonyl (C=O) groups excluding carboxylic acids is 1. The number of H-pyrrole nitrogens is 1. The molecule has 3 aromatic rings. The summed E-state index contributed by atoms with van der Waals surface area (Å²) in [4.78, 5) is 43.2. The van der Waals surface area contributed by atoms with Crippen molar-refractivity contribution in [3.8, 4) is 5.88 Å². The Hall–Kier alpha value is -3.42. The smallest absolute Gasteiger partial charge is 0.316 e. The first-order valence-corrected chi connectivity index (χ1v) is 9.67. The maximum Gasteiger partial charge on any atom is 0.316 e. The molecule has 2 heterocycles. The monoisotopic (exact) mass is 396 g/mol. The van der Waals surface area contributed by atoms with E-state index in [0.29, 0.717) is 35.6 Å². The highest BCUT2D eigenvalue weighted by Crippen LogP contribution is 2.16. The third-order valence-electron chi connectivity index (χ3n) is 4.58. The van der Waals surface area contributed by atoms with Crippen molar-refractivity contribution in [2.75, 3.05) is 6.61 Å². The first-order valence-electron chi connectivity index (χ1n) is 9.67. The number of fused-ring (bicyclic) bond motifs is 1. The second-order valence-electron chi connectivity index (χ2n) is 6.59. The maximum atomic E-state index is 12.6. The molecule has 0 aliphatic rings. The lowest BCUT2D eigenvalue weighted by molar-refractivity contribution is 0.0950. The summed E-state index contributed by atoms with van der Waals surface area (Å²) in [6.07, 6.45) is 3.61. The van der Waals surface area contributed by atoms with Crippen LogP contribution < -0.4 is 21.2 Å². The molecule has 1 aromatic carbocycles. The van der Waals surface area contributed by atoms with E-state index >= 15 is 0 Å². The van der Waals surface area contributed by atoms with Crippen molar-refractivity contribution in [1.82, 2.24) is 19.9 Å². The quantitative estimate of drug-likeness (QED) is 0.449. The number of aromatic nitrogens is 3. The molecule has 152 valence electrons. The lowest BCUT2D eigenvalue weighted by atomic mass is 10.1. The highest BCUT2D eigenvalue weighted by molar-refractivity contribution is 5.97. The lowest BCUT2D eigenvalue weighted by Crippen LogP contribution is -2.36. The zero-order chi connectivity index (χ0) is 20.8. The molecule has 0 fully saturated rings. The van der Waals surface area contributed by atoms with Gasteiger partial charge in [0.15, 0.2) is 0 Å². The average Bonchev–Trinajstić information content (AvgIpc) is 2.73. The van der Waals surface area contributed by atoms with Gasteiger partial charge < -0.3 is 19.6 Å². The topological polar surface area (TPSA) is 106 Å². The minimum atomic E-state index is -0.707. The van der Waals surface area contributed by atoms with Crippen molar-refractivity contribution >= 4 is 16.9 Å². The predicted octanol–water partition coefficient (Wildman–Crippen LogP) is 2.21. The second kappa shape index (κ2) is 9.18. The van der Waals surface area contributed by atoms with E-state index in [4.69, 9.17) is 4.74 Å².